The molecule has 0 aliphatic carbocycles. The lowest BCUT2D eigenvalue weighted by atomic mass is 9.98. The molecular formula is C32H40FN5S. The summed E-state index contributed by atoms with van der Waals surface area (Å²) in [6.07, 6.45) is 7.46. The van der Waals surface area contributed by atoms with Gasteiger partial charge >= 0.3 is 0 Å². The molecule has 1 unspecified atom stereocenters. The molecule has 39 heavy (non-hydrogen) atoms. The Labute approximate surface area is 236 Å². The number of hydrogen-bond acceptors (Lipinski definition) is 6. The van der Waals surface area contributed by atoms with E-state index in [-0.39, 0.29) is 11.1 Å². The van der Waals surface area contributed by atoms with E-state index in [4.69, 9.17) is 10.7 Å². The number of hydrogen-bond donors (Lipinski definition) is 2. The third-order valence-corrected chi connectivity index (χ3v) is 8.33. The zero-order chi connectivity index (χ0) is 28.6. The average Bonchev–Trinajstić information content (AvgIpc) is 3.33. The zero-order valence-electron chi connectivity index (χ0n) is 23.7. The number of anilines is 1. The van der Waals surface area contributed by atoms with Crippen molar-refractivity contribution in [2.75, 3.05) is 26.4 Å². The van der Waals surface area contributed by atoms with Gasteiger partial charge in [0.15, 0.2) is 0 Å². The molecule has 1 atom stereocenters. The Bertz CT molecular complexity index is 1350. The predicted molar refractivity (Wildman–Crippen MR) is 165 cm³/mol. The minimum atomic E-state index is -0.512. The molecule has 0 radical (unpaired) electrons. The summed E-state index contributed by atoms with van der Waals surface area (Å²) in [6, 6.07) is 15.3. The van der Waals surface area contributed by atoms with Gasteiger partial charge in [0.1, 0.15) is 11.9 Å². The summed E-state index contributed by atoms with van der Waals surface area (Å²) >= 11 is 1.72. The number of aliphatic imine (C=N–C) groups is 1. The van der Waals surface area contributed by atoms with E-state index >= 15 is 0 Å². The maximum atomic E-state index is 14.7. The van der Waals surface area contributed by atoms with E-state index in [1.807, 2.05) is 30.5 Å². The summed E-state index contributed by atoms with van der Waals surface area (Å²) in [5.74, 6) is -0.512. The number of likely N-dealkylation sites (N-methyl/N-ethyl adjacent to an activating group) is 1. The summed E-state index contributed by atoms with van der Waals surface area (Å²) in [5.41, 5.74) is 10.4. The average molecular weight is 546 g/mol. The second-order valence-electron chi connectivity index (χ2n) is 10.7. The molecule has 3 N–H and O–H groups in total. The minimum absolute atomic E-state index is 0.0427. The molecular weight excluding hydrogens is 505 g/mol. The fourth-order valence-electron chi connectivity index (χ4n) is 4.23. The van der Waals surface area contributed by atoms with Crippen molar-refractivity contribution in [3.8, 4) is 27.6 Å². The Balaban J connectivity index is 2.06. The topological polar surface area (TPSA) is 77.4 Å². The number of thiophene rings is 1. The van der Waals surface area contributed by atoms with Crippen molar-refractivity contribution in [3.05, 3.63) is 77.1 Å². The Morgan fingerprint density at radius 1 is 1.21 bits per heavy atom. The molecule has 2 aromatic carbocycles. The normalized spacial score (nSPS) is 12.6. The molecule has 3 rings (SSSR count). The molecule has 5 nitrogen and oxygen atoms in total. The summed E-state index contributed by atoms with van der Waals surface area (Å²) in [7, 11) is 4.22. The summed E-state index contributed by atoms with van der Waals surface area (Å²) < 4.78 is 14.7. The lowest BCUT2D eigenvalue weighted by Gasteiger charge is -2.23. The highest BCUT2D eigenvalue weighted by Gasteiger charge is 2.19. The van der Waals surface area contributed by atoms with E-state index < -0.39 is 5.82 Å². The molecule has 7 heteroatoms. The van der Waals surface area contributed by atoms with Gasteiger partial charge in [-0.3, -0.25) is 4.99 Å². The van der Waals surface area contributed by atoms with Crippen LogP contribution in [0.1, 0.15) is 56.0 Å². The third-order valence-electron chi connectivity index (χ3n) is 7.12. The van der Waals surface area contributed by atoms with Crippen LogP contribution in [0.2, 0.25) is 0 Å². The molecule has 0 spiro atoms. The van der Waals surface area contributed by atoms with Crippen molar-refractivity contribution in [2.45, 2.75) is 58.0 Å². The van der Waals surface area contributed by atoms with Crippen LogP contribution in [-0.2, 0) is 6.42 Å². The first-order chi connectivity index (χ1) is 18.6. The van der Waals surface area contributed by atoms with Crippen LogP contribution < -0.4 is 11.1 Å². The van der Waals surface area contributed by atoms with E-state index in [9.17, 15) is 9.65 Å². The van der Waals surface area contributed by atoms with Crippen LogP contribution >= 0.6 is 11.3 Å². The van der Waals surface area contributed by atoms with Crippen molar-refractivity contribution in [1.29, 1.82) is 5.26 Å². The SMILES string of the molecule is C=CNCCCC(Cc1cc(-c2ccc(C#N)c(F)c2)c(-c2ccc(N)c(C=NC(C)(C)CC)c2)s1)N(C)C. The Kier molecular flexibility index (Phi) is 10.4. The zero-order valence-corrected chi connectivity index (χ0v) is 24.5. The van der Waals surface area contributed by atoms with Crippen LogP contribution in [-0.4, -0.2) is 43.3 Å². The highest BCUT2D eigenvalue weighted by atomic mass is 32.1. The monoisotopic (exact) mass is 545 g/mol. The van der Waals surface area contributed by atoms with E-state index in [0.29, 0.717) is 11.7 Å². The fourth-order valence-corrected chi connectivity index (χ4v) is 5.47. The van der Waals surface area contributed by atoms with Gasteiger partial charge in [-0.25, -0.2) is 4.39 Å². The largest absolute Gasteiger partial charge is 0.398 e. The molecule has 0 aliphatic rings. The maximum absolute atomic E-state index is 14.7. The van der Waals surface area contributed by atoms with Gasteiger partial charge in [-0.05, 0) is 101 Å². The van der Waals surface area contributed by atoms with Gasteiger partial charge in [-0.15, -0.1) is 11.3 Å². The standard InChI is InChI=1S/C32H40FN5S/c1-7-32(3,4)37-21-25-16-23(13-14-30(25)35)31-28(22-11-12-24(20-34)29(33)17-22)19-27(39-31)18-26(38(5)6)10-9-15-36-8-2/h8,11-14,16-17,19,21,26,36H,2,7,9-10,15,18,35H2,1,3-6H3. The number of nitriles is 1. The van der Waals surface area contributed by atoms with Crippen molar-refractivity contribution < 1.29 is 4.39 Å². The molecule has 206 valence electrons. The first kappa shape index (κ1) is 30.1. The molecule has 0 amide bonds. The lowest BCUT2D eigenvalue weighted by Crippen LogP contribution is -2.30. The van der Waals surface area contributed by atoms with Gasteiger partial charge in [-0.2, -0.15) is 5.26 Å². The molecule has 0 aliphatic heterocycles. The second kappa shape index (κ2) is 13.5. The van der Waals surface area contributed by atoms with Gasteiger partial charge in [0.2, 0.25) is 0 Å². The van der Waals surface area contributed by atoms with Crippen molar-refractivity contribution in [2.24, 2.45) is 4.99 Å². The Morgan fingerprint density at radius 3 is 2.59 bits per heavy atom. The van der Waals surface area contributed by atoms with Gasteiger partial charge in [-0.1, -0.05) is 25.6 Å². The van der Waals surface area contributed by atoms with Crippen LogP contribution in [0.4, 0.5) is 10.1 Å². The van der Waals surface area contributed by atoms with Gasteiger partial charge in [0.05, 0.1) is 11.1 Å². The second-order valence-corrected chi connectivity index (χ2v) is 11.8. The molecule has 0 bridgehead atoms. The van der Waals surface area contributed by atoms with Crippen LogP contribution in [0, 0.1) is 17.1 Å². The van der Waals surface area contributed by atoms with Crippen LogP contribution in [0.25, 0.3) is 21.6 Å². The van der Waals surface area contributed by atoms with E-state index in [2.05, 4.69) is 63.8 Å². The highest BCUT2D eigenvalue weighted by Crippen LogP contribution is 2.41. The van der Waals surface area contributed by atoms with Crippen LogP contribution in [0.15, 0.2) is 60.2 Å². The van der Waals surface area contributed by atoms with Gasteiger partial charge in [0.25, 0.3) is 0 Å². The van der Waals surface area contributed by atoms with Crippen molar-refractivity contribution in [1.82, 2.24) is 10.2 Å². The fraction of sp³-hybridized carbons (Fsp3) is 0.375. The molecule has 3 aromatic rings. The lowest BCUT2D eigenvalue weighted by molar-refractivity contribution is 0.273. The van der Waals surface area contributed by atoms with Gasteiger partial charge in [0, 0.05) is 45.4 Å². The Morgan fingerprint density at radius 2 is 1.95 bits per heavy atom. The van der Waals surface area contributed by atoms with Crippen LogP contribution in [0.5, 0.6) is 0 Å². The predicted octanol–water partition coefficient (Wildman–Crippen LogP) is 7.27. The van der Waals surface area contributed by atoms with Crippen molar-refractivity contribution >= 4 is 23.2 Å². The molecule has 1 heterocycles. The number of benzene rings is 2. The first-order valence-corrected chi connectivity index (χ1v) is 14.2. The first-order valence-electron chi connectivity index (χ1n) is 13.4. The number of nitrogens with one attached hydrogen (secondary N) is 1. The third kappa shape index (κ3) is 8.01. The van der Waals surface area contributed by atoms with E-state index in [0.717, 1.165) is 59.4 Å². The van der Waals surface area contributed by atoms with E-state index in [1.54, 1.807) is 23.6 Å². The quantitative estimate of drug-likeness (QED) is 0.135. The number of rotatable bonds is 13. The summed E-state index contributed by atoms with van der Waals surface area (Å²) in [4.78, 5) is 9.29. The molecule has 0 fully saturated rings. The number of nitrogen functional groups attached to an aromatic ring is 1. The minimum Gasteiger partial charge on any atom is -0.398 e. The van der Waals surface area contributed by atoms with E-state index in [1.165, 1.54) is 10.9 Å². The van der Waals surface area contributed by atoms with Crippen LogP contribution in [0.3, 0.4) is 0 Å². The smallest absolute Gasteiger partial charge is 0.141 e. The maximum Gasteiger partial charge on any atom is 0.141 e. The highest BCUT2D eigenvalue weighted by molar-refractivity contribution is 7.16. The summed E-state index contributed by atoms with van der Waals surface area (Å²) in [5, 5.41) is 12.4. The number of nitrogens with zero attached hydrogens (tertiary/aromatic N) is 3. The van der Waals surface area contributed by atoms with Gasteiger partial charge < -0.3 is 16.0 Å². The van der Waals surface area contributed by atoms with Crippen molar-refractivity contribution in [3.63, 3.8) is 0 Å². The molecule has 0 saturated heterocycles. The molecule has 0 saturated carbocycles. The number of nitrogens with two attached hydrogens (primary N) is 1. The Hall–Kier alpha value is -3.47. The summed E-state index contributed by atoms with van der Waals surface area (Å²) in [6.45, 7) is 10.9. The molecule has 1 aromatic heterocycles. The number of halogens is 1.